The maximum absolute atomic E-state index is 12.3. The van der Waals surface area contributed by atoms with Crippen LogP contribution in [0, 0.1) is 0 Å². The number of carbonyl (C=O) groups excluding carboxylic acids is 1. The van der Waals surface area contributed by atoms with Crippen LogP contribution in [0.3, 0.4) is 0 Å². The summed E-state index contributed by atoms with van der Waals surface area (Å²) in [6.07, 6.45) is 4.20. The number of piperazine rings is 1. The van der Waals surface area contributed by atoms with Gasteiger partial charge in [-0.2, -0.15) is 0 Å². The van der Waals surface area contributed by atoms with E-state index in [1.165, 1.54) is 19.1 Å². The molecule has 2 aliphatic rings. The fourth-order valence-electron chi connectivity index (χ4n) is 3.05. The Morgan fingerprint density at radius 3 is 2.62 bits per heavy atom. The predicted octanol–water partition coefficient (Wildman–Crippen LogP) is 0.707. The summed E-state index contributed by atoms with van der Waals surface area (Å²) in [5.74, 6) is 1.30. The Labute approximate surface area is 143 Å². The first-order valence-corrected chi connectivity index (χ1v) is 8.67. The molecule has 2 heterocycles. The van der Waals surface area contributed by atoms with Crippen LogP contribution in [-0.4, -0.2) is 86.0 Å². The van der Waals surface area contributed by atoms with Crippen LogP contribution in [0.2, 0.25) is 0 Å². The van der Waals surface area contributed by atoms with Crippen LogP contribution in [0.15, 0.2) is 27.8 Å². The second kappa shape index (κ2) is 7.70. The van der Waals surface area contributed by atoms with Crippen LogP contribution in [0.4, 0.5) is 0 Å². The van der Waals surface area contributed by atoms with Gasteiger partial charge in [-0.1, -0.05) is 0 Å². The minimum atomic E-state index is -0.0337. The minimum absolute atomic E-state index is 0.0337. The van der Waals surface area contributed by atoms with E-state index in [1.807, 2.05) is 11.9 Å². The molecule has 2 fully saturated rings. The Hall–Kier alpha value is -2.02. The number of hydrogen-bond donors (Lipinski definition) is 1. The molecule has 1 saturated heterocycles. The van der Waals surface area contributed by atoms with Gasteiger partial charge in [-0.3, -0.25) is 9.79 Å². The standard InChI is InChI=1S/C17H27N5O2/c1-18-17(19-7-8-20(2)14-5-6-14)22-11-9-21(10-12-22)16(23)15-4-3-13-24-15/h3-4,13-14H,5-12H2,1-2H3,(H,18,19). The molecule has 3 rings (SSSR count). The molecular formula is C17H27N5O2. The molecule has 0 atom stereocenters. The molecule has 7 heteroatoms. The maximum Gasteiger partial charge on any atom is 0.289 e. The molecule has 1 saturated carbocycles. The molecule has 0 bridgehead atoms. The Kier molecular flexibility index (Phi) is 5.40. The molecular weight excluding hydrogens is 306 g/mol. The van der Waals surface area contributed by atoms with Crippen LogP contribution in [-0.2, 0) is 0 Å². The predicted molar refractivity (Wildman–Crippen MR) is 93.2 cm³/mol. The third-order valence-corrected chi connectivity index (χ3v) is 4.73. The van der Waals surface area contributed by atoms with Gasteiger partial charge in [-0.25, -0.2) is 0 Å². The average molecular weight is 333 g/mol. The van der Waals surface area contributed by atoms with Crippen molar-refractivity contribution in [2.45, 2.75) is 18.9 Å². The molecule has 1 aromatic rings. The van der Waals surface area contributed by atoms with Crippen molar-refractivity contribution in [3.8, 4) is 0 Å². The van der Waals surface area contributed by atoms with Crippen LogP contribution >= 0.6 is 0 Å². The fourth-order valence-corrected chi connectivity index (χ4v) is 3.05. The van der Waals surface area contributed by atoms with Crippen LogP contribution in [0.5, 0.6) is 0 Å². The lowest BCUT2D eigenvalue weighted by Crippen LogP contribution is -2.54. The zero-order chi connectivity index (χ0) is 16.9. The lowest BCUT2D eigenvalue weighted by atomic mass is 10.3. The summed E-state index contributed by atoms with van der Waals surface area (Å²) >= 11 is 0. The lowest BCUT2D eigenvalue weighted by Gasteiger charge is -2.36. The highest BCUT2D eigenvalue weighted by Crippen LogP contribution is 2.24. The Bertz CT molecular complexity index is 560. The van der Waals surface area contributed by atoms with Gasteiger partial charge in [0, 0.05) is 52.4 Å². The molecule has 24 heavy (non-hydrogen) atoms. The van der Waals surface area contributed by atoms with Gasteiger partial charge in [0.1, 0.15) is 0 Å². The Morgan fingerprint density at radius 2 is 2.04 bits per heavy atom. The third-order valence-electron chi connectivity index (χ3n) is 4.73. The van der Waals surface area contributed by atoms with E-state index in [9.17, 15) is 4.79 Å². The van der Waals surface area contributed by atoms with Crippen molar-refractivity contribution in [1.29, 1.82) is 0 Å². The van der Waals surface area contributed by atoms with E-state index >= 15 is 0 Å². The highest BCUT2D eigenvalue weighted by atomic mass is 16.3. The fraction of sp³-hybridized carbons (Fsp3) is 0.647. The molecule has 132 valence electrons. The molecule has 0 aromatic carbocycles. The van der Waals surface area contributed by atoms with Gasteiger partial charge >= 0.3 is 0 Å². The van der Waals surface area contributed by atoms with E-state index in [1.54, 1.807) is 12.1 Å². The molecule has 1 aliphatic carbocycles. The number of nitrogens with zero attached hydrogens (tertiary/aromatic N) is 4. The smallest absolute Gasteiger partial charge is 0.289 e. The van der Waals surface area contributed by atoms with E-state index in [2.05, 4.69) is 27.2 Å². The summed E-state index contributed by atoms with van der Waals surface area (Å²) in [5.41, 5.74) is 0. The van der Waals surface area contributed by atoms with Crippen LogP contribution in [0.1, 0.15) is 23.4 Å². The van der Waals surface area contributed by atoms with Gasteiger partial charge in [0.15, 0.2) is 11.7 Å². The minimum Gasteiger partial charge on any atom is -0.459 e. The molecule has 1 N–H and O–H groups in total. The maximum atomic E-state index is 12.3. The quantitative estimate of drug-likeness (QED) is 0.635. The molecule has 7 nitrogen and oxygen atoms in total. The number of nitrogens with one attached hydrogen (secondary N) is 1. The molecule has 0 spiro atoms. The van der Waals surface area contributed by atoms with Crippen molar-refractivity contribution in [1.82, 2.24) is 20.0 Å². The van der Waals surface area contributed by atoms with Gasteiger partial charge in [0.05, 0.1) is 6.26 Å². The SMILES string of the molecule is CN=C(NCCN(C)C1CC1)N1CCN(C(=O)c2ccco2)CC1. The molecule has 1 aliphatic heterocycles. The molecule has 0 unspecified atom stereocenters. The monoisotopic (exact) mass is 333 g/mol. The lowest BCUT2D eigenvalue weighted by molar-refractivity contribution is 0.0657. The van der Waals surface area contributed by atoms with Gasteiger partial charge < -0.3 is 24.4 Å². The van der Waals surface area contributed by atoms with Crippen molar-refractivity contribution in [3.63, 3.8) is 0 Å². The summed E-state index contributed by atoms with van der Waals surface area (Å²) in [5, 5.41) is 3.44. The zero-order valence-electron chi connectivity index (χ0n) is 14.6. The van der Waals surface area contributed by atoms with Crippen molar-refractivity contribution in [2.75, 3.05) is 53.4 Å². The highest BCUT2D eigenvalue weighted by molar-refractivity contribution is 5.91. The summed E-state index contributed by atoms with van der Waals surface area (Å²) in [4.78, 5) is 23.1. The normalized spacial score (nSPS) is 19.0. The second-order valence-electron chi connectivity index (χ2n) is 6.44. The van der Waals surface area contributed by atoms with E-state index in [0.717, 1.165) is 38.2 Å². The summed E-state index contributed by atoms with van der Waals surface area (Å²) in [6, 6.07) is 4.24. The van der Waals surface area contributed by atoms with Crippen molar-refractivity contribution in [3.05, 3.63) is 24.2 Å². The number of likely N-dealkylation sites (N-methyl/N-ethyl adjacent to an activating group) is 1. The number of amides is 1. The largest absolute Gasteiger partial charge is 0.459 e. The van der Waals surface area contributed by atoms with Gasteiger partial charge in [0.2, 0.25) is 0 Å². The zero-order valence-corrected chi connectivity index (χ0v) is 14.6. The number of hydrogen-bond acceptors (Lipinski definition) is 4. The molecule has 0 radical (unpaired) electrons. The van der Waals surface area contributed by atoms with E-state index in [-0.39, 0.29) is 5.91 Å². The van der Waals surface area contributed by atoms with E-state index < -0.39 is 0 Å². The number of aliphatic imine (C=N–C) groups is 1. The van der Waals surface area contributed by atoms with Crippen LogP contribution < -0.4 is 5.32 Å². The second-order valence-corrected chi connectivity index (χ2v) is 6.44. The van der Waals surface area contributed by atoms with Crippen molar-refractivity contribution in [2.24, 2.45) is 4.99 Å². The average Bonchev–Trinajstić information content (AvgIpc) is 3.33. The number of rotatable bonds is 5. The number of guanidine groups is 1. The Morgan fingerprint density at radius 1 is 1.33 bits per heavy atom. The van der Waals surface area contributed by atoms with Crippen LogP contribution in [0.25, 0.3) is 0 Å². The first-order valence-electron chi connectivity index (χ1n) is 8.67. The topological polar surface area (TPSA) is 64.3 Å². The van der Waals surface area contributed by atoms with E-state index in [4.69, 9.17) is 4.42 Å². The van der Waals surface area contributed by atoms with Gasteiger partial charge in [-0.15, -0.1) is 0 Å². The number of furan rings is 1. The van der Waals surface area contributed by atoms with E-state index in [0.29, 0.717) is 18.8 Å². The van der Waals surface area contributed by atoms with Gasteiger partial charge in [-0.05, 0) is 32.0 Å². The van der Waals surface area contributed by atoms with Gasteiger partial charge in [0.25, 0.3) is 5.91 Å². The van der Waals surface area contributed by atoms with Crippen molar-refractivity contribution >= 4 is 11.9 Å². The first-order chi connectivity index (χ1) is 11.7. The molecule has 1 aromatic heterocycles. The Balaban J connectivity index is 1.43. The third kappa shape index (κ3) is 4.08. The summed E-state index contributed by atoms with van der Waals surface area (Å²) in [6.45, 7) is 4.85. The first kappa shape index (κ1) is 16.8. The molecule has 1 amide bonds. The summed E-state index contributed by atoms with van der Waals surface area (Å²) in [7, 11) is 3.99. The van der Waals surface area contributed by atoms with Crippen molar-refractivity contribution < 1.29 is 9.21 Å². The highest BCUT2D eigenvalue weighted by Gasteiger charge is 2.27. The summed E-state index contributed by atoms with van der Waals surface area (Å²) < 4.78 is 5.20. The number of carbonyl (C=O) groups is 1.